The van der Waals surface area contributed by atoms with Crippen molar-refractivity contribution in [2.45, 2.75) is 51.2 Å². The van der Waals surface area contributed by atoms with E-state index in [-0.39, 0.29) is 6.10 Å². The van der Waals surface area contributed by atoms with Gasteiger partial charge in [0.25, 0.3) is 0 Å². The van der Waals surface area contributed by atoms with E-state index in [1.807, 2.05) is 6.92 Å². The predicted molar refractivity (Wildman–Crippen MR) is 87.4 cm³/mol. The minimum absolute atomic E-state index is 0.185. The van der Waals surface area contributed by atoms with E-state index in [9.17, 15) is 13.9 Å². The lowest BCUT2D eigenvalue weighted by Crippen LogP contribution is -2.45. The number of aliphatic hydroxyl groups is 1. The molecule has 0 spiro atoms. The molecule has 0 heterocycles. The molecule has 0 unspecified atom stereocenters. The molecule has 0 radical (unpaired) electrons. The minimum Gasteiger partial charge on any atom is -0.393 e. The maximum Gasteiger partial charge on any atom is 0.191 e. The molecule has 23 heavy (non-hydrogen) atoms. The van der Waals surface area contributed by atoms with Crippen LogP contribution < -0.4 is 10.6 Å². The van der Waals surface area contributed by atoms with Crippen molar-refractivity contribution < 1.29 is 13.9 Å². The van der Waals surface area contributed by atoms with Gasteiger partial charge in [0.15, 0.2) is 5.96 Å². The van der Waals surface area contributed by atoms with Crippen LogP contribution in [0.25, 0.3) is 0 Å². The Morgan fingerprint density at radius 1 is 1.17 bits per heavy atom. The summed E-state index contributed by atoms with van der Waals surface area (Å²) in [5.74, 6) is -0.407. The maximum atomic E-state index is 13.2. The number of halogens is 2. The molecule has 0 bridgehead atoms. The van der Waals surface area contributed by atoms with Gasteiger partial charge in [0.2, 0.25) is 0 Å². The Morgan fingerprint density at radius 2 is 1.83 bits per heavy atom. The van der Waals surface area contributed by atoms with Gasteiger partial charge in [0.05, 0.1) is 6.10 Å². The number of nitrogens with zero attached hydrogens (tertiary/aromatic N) is 1. The quantitative estimate of drug-likeness (QED) is 0.575. The Bertz CT molecular complexity index is 508. The van der Waals surface area contributed by atoms with E-state index in [0.717, 1.165) is 38.3 Å². The molecule has 2 rings (SSSR count). The molecular formula is C17H25F2N3O. The average molecular weight is 325 g/mol. The van der Waals surface area contributed by atoms with E-state index < -0.39 is 11.6 Å². The topological polar surface area (TPSA) is 56.7 Å². The highest BCUT2D eigenvalue weighted by Gasteiger charge is 2.19. The summed E-state index contributed by atoms with van der Waals surface area (Å²) < 4.78 is 26.3. The second-order valence-corrected chi connectivity index (χ2v) is 5.94. The number of hydrogen-bond acceptors (Lipinski definition) is 2. The van der Waals surface area contributed by atoms with Crippen molar-refractivity contribution >= 4 is 5.96 Å². The molecule has 1 aromatic rings. The summed E-state index contributed by atoms with van der Waals surface area (Å²) in [5, 5.41) is 16.1. The van der Waals surface area contributed by atoms with Crippen LogP contribution in [-0.2, 0) is 6.42 Å². The first-order chi connectivity index (χ1) is 11.1. The van der Waals surface area contributed by atoms with Gasteiger partial charge < -0.3 is 15.7 Å². The first kappa shape index (κ1) is 17.7. The van der Waals surface area contributed by atoms with Crippen molar-refractivity contribution in [3.05, 3.63) is 35.4 Å². The molecule has 1 aliphatic carbocycles. The lowest BCUT2D eigenvalue weighted by atomic mass is 9.93. The third-order valence-corrected chi connectivity index (χ3v) is 3.97. The van der Waals surface area contributed by atoms with Crippen molar-refractivity contribution in [3.63, 3.8) is 0 Å². The zero-order chi connectivity index (χ0) is 16.7. The van der Waals surface area contributed by atoms with Crippen LogP contribution in [0.2, 0.25) is 0 Å². The molecule has 0 aliphatic heterocycles. The fraction of sp³-hybridized carbons (Fsp3) is 0.588. The highest BCUT2D eigenvalue weighted by atomic mass is 19.1. The summed E-state index contributed by atoms with van der Waals surface area (Å²) >= 11 is 0. The first-order valence-electron chi connectivity index (χ1n) is 8.24. The smallest absolute Gasteiger partial charge is 0.191 e. The number of aliphatic imine (C=N–C) groups is 1. The molecule has 3 N–H and O–H groups in total. The second-order valence-electron chi connectivity index (χ2n) is 5.94. The average Bonchev–Trinajstić information content (AvgIpc) is 2.49. The van der Waals surface area contributed by atoms with E-state index in [2.05, 4.69) is 15.6 Å². The Morgan fingerprint density at radius 3 is 2.43 bits per heavy atom. The van der Waals surface area contributed by atoms with E-state index in [1.165, 1.54) is 12.1 Å². The number of rotatable bonds is 5. The number of guanidine groups is 1. The van der Waals surface area contributed by atoms with Crippen molar-refractivity contribution in [3.8, 4) is 0 Å². The number of hydrogen-bond donors (Lipinski definition) is 3. The Labute approximate surface area is 136 Å². The Balaban J connectivity index is 1.87. The van der Waals surface area contributed by atoms with Crippen LogP contribution in [0, 0.1) is 11.6 Å². The molecule has 6 heteroatoms. The minimum atomic E-state index is -0.560. The third-order valence-electron chi connectivity index (χ3n) is 3.97. The van der Waals surface area contributed by atoms with Crippen molar-refractivity contribution in [2.24, 2.45) is 4.99 Å². The zero-order valence-corrected chi connectivity index (χ0v) is 13.5. The highest BCUT2D eigenvalue weighted by Crippen LogP contribution is 2.18. The summed E-state index contributed by atoms with van der Waals surface area (Å²) in [5.41, 5.74) is 0.600. The Hall–Kier alpha value is -1.69. The van der Waals surface area contributed by atoms with Gasteiger partial charge in [0.1, 0.15) is 11.6 Å². The second kappa shape index (κ2) is 8.82. The predicted octanol–water partition coefficient (Wildman–Crippen LogP) is 2.37. The largest absolute Gasteiger partial charge is 0.393 e. The van der Waals surface area contributed by atoms with Gasteiger partial charge in [-0.15, -0.1) is 0 Å². The van der Waals surface area contributed by atoms with Crippen LogP contribution in [-0.4, -0.2) is 36.3 Å². The van der Waals surface area contributed by atoms with Crippen LogP contribution in [0.1, 0.15) is 38.2 Å². The summed E-state index contributed by atoms with van der Waals surface area (Å²) in [6.45, 7) is 3.19. The molecule has 4 nitrogen and oxygen atoms in total. The standard InChI is InChI=1S/C17H25F2N3O/c1-2-20-17(22-15-3-5-16(23)6-4-15)21-8-7-12-9-13(18)11-14(19)10-12/h9-11,15-16,23H,2-8H2,1H3,(H2,20,21,22). The SMILES string of the molecule is CCNC(=NCCc1cc(F)cc(F)c1)NC1CCC(O)CC1. The van der Waals surface area contributed by atoms with Crippen molar-refractivity contribution in [2.75, 3.05) is 13.1 Å². The molecule has 0 saturated heterocycles. The Kier molecular flexibility index (Phi) is 6.77. The summed E-state index contributed by atoms with van der Waals surface area (Å²) in [4.78, 5) is 4.47. The summed E-state index contributed by atoms with van der Waals surface area (Å²) in [6, 6.07) is 3.85. The molecule has 0 atom stereocenters. The fourth-order valence-electron chi connectivity index (χ4n) is 2.79. The van der Waals surface area contributed by atoms with Crippen LogP contribution in [0.5, 0.6) is 0 Å². The van der Waals surface area contributed by atoms with Crippen LogP contribution in [0.15, 0.2) is 23.2 Å². The van der Waals surface area contributed by atoms with E-state index in [1.54, 1.807) is 0 Å². The first-order valence-corrected chi connectivity index (χ1v) is 8.24. The van der Waals surface area contributed by atoms with Crippen molar-refractivity contribution in [1.82, 2.24) is 10.6 Å². The molecule has 1 aliphatic rings. The van der Waals surface area contributed by atoms with Gasteiger partial charge in [-0.25, -0.2) is 8.78 Å². The molecule has 0 amide bonds. The lowest BCUT2D eigenvalue weighted by Gasteiger charge is -2.27. The van der Waals surface area contributed by atoms with Crippen LogP contribution in [0.4, 0.5) is 8.78 Å². The molecule has 1 saturated carbocycles. The van der Waals surface area contributed by atoms with Gasteiger partial charge in [-0.1, -0.05) is 0 Å². The normalized spacial score (nSPS) is 22.0. The number of benzene rings is 1. The summed E-state index contributed by atoms with van der Waals surface area (Å²) in [6.07, 6.45) is 3.74. The van der Waals surface area contributed by atoms with Crippen molar-refractivity contribution in [1.29, 1.82) is 0 Å². The summed E-state index contributed by atoms with van der Waals surface area (Å²) in [7, 11) is 0. The van der Waals surface area contributed by atoms with Crippen LogP contribution >= 0.6 is 0 Å². The van der Waals surface area contributed by atoms with E-state index in [0.29, 0.717) is 30.5 Å². The third kappa shape index (κ3) is 6.14. The molecule has 128 valence electrons. The maximum absolute atomic E-state index is 13.2. The van der Waals surface area contributed by atoms with Gasteiger partial charge in [-0.05, 0) is 56.7 Å². The lowest BCUT2D eigenvalue weighted by molar-refractivity contribution is 0.120. The fourth-order valence-corrected chi connectivity index (χ4v) is 2.79. The molecule has 0 aromatic heterocycles. The van der Waals surface area contributed by atoms with Gasteiger partial charge in [0, 0.05) is 25.2 Å². The zero-order valence-electron chi connectivity index (χ0n) is 13.5. The number of aliphatic hydroxyl groups excluding tert-OH is 1. The molecular weight excluding hydrogens is 300 g/mol. The van der Waals surface area contributed by atoms with E-state index >= 15 is 0 Å². The van der Waals surface area contributed by atoms with Gasteiger partial charge in [-0.3, -0.25) is 4.99 Å². The van der Waals surface area contributed by atoms with Crippen LogP contribution in [0.3, 0.4) is 0 Å². The number of nitrogens with one attached hydrogen (secondary N) is 2. The van der Waals surface area contributed by atoms with E-state index in [4.69, 9.17) is 0 Å². The molecule has 1 aromatic carbocycles. The van der Waals surface area contributed by atoms with Gasteiger partial charge >= 0.3 is 0 Å². The highest BCUT2D eigenvalue weighted by molar-refractivity contribution is 5.80. The monoisotopic (exact) mass is 325 g/mol. The van der Waals surface area contributed by atoms with Gasteiger partial charge in [-0.2, -0.15) is 0 Å². The molecule has 1 fully saturated rings.